The standard InChI is InChI=1S/C14H17ClN2/c1-3-17(4-2)14-13-8-6-5-7-11(13)9-12(10-15)16-14/h5-9H,3-4,10H2,1-2H3. The maximum Gasteiger partial charge on any atom is 0.136 e. The fourth-order valence-corrected chi connectivity index (χ4v) is 2.20. The number of aromatic nitrogens is 1. The molecule has 2 aromatic rings. The van der Waals surface area contributed by atoms with E-state index in [-0.39, 0.29) is 0 Å². The summed E-state index contributed by atoms with van der Waals surface area (Å²) in [5.41, 5.74) is 0.937. The van der Waals surface area contributed by atoms with Crippen molar-refractivity contribution in [3.63, 3.8) is 0 Å². The van der Waals surface area contributed by atoms with Gasteiger partial charge in [-0.25, -0.2) is 4.98 Å². The largest absolute Gasteiger partial charge is 0.357 e. The van der Waals surface area contributed by atoms with Gasteiger partial charge in [0, 0.05) is 18.5 Å². The van der Waals surface area contributed by atoms with Crippen molar-refractivity contribution in [1.82, 2.24) is 4.98 Å². The van der Waals surface area contributed by atoms with Crippen molar-refractivity contribution in [2.24, 2.45) is 0 Å². The van der Waals surface area contributed by atoms with Crippen LogP contribution in [0.3, 0.4) is 0 Å². The molecule has 0 atom stereocenters. The first-order chi connectivity index (χ1) is 8.30. The smallest absolute Gasteiger partial charge is 0.136 e. The van der Waals surface area contributed by atoms with E-state index >= 15 is 0 Å². The van der Waals surface area contributed by atoms with Crippen molar-refractivity contribution < 1.29 is 0 Å². The number of rotatable bonds is 4. The number of benzene rings is 1. The van der Waals surface area contributed by atoms with Crippen LogP contribution in [0.15, 0.2) is 30.3 Å². The second-order valence-electron chi connectivity index (χ2n) is 3.96. The fourth-order valence-electron chi connectivity index (χ4n) is 2.07. The lowest BCUT2D eigenvalue weighted by Gasteiger charge is -2.22. The minimum Gasteiger partial charge on any atom is -0.357 e. The zero-order chi connectivity index (χ0) is 12.3. The topological polar surface area (TPSA) is 16.1 Å². The van der Waals surface area contributed by atoms with Crippen molar-refractivity contribution in [2.45, 2.75) is 19.7 Å². The fraction of sp³-hybridized carbons (Fsp3) is 0.357. The maximum absolute atomic E-state index is 5.91. The van der Waals surface area contributed by atoms with Crippen molar-refractivity contribution in [2.75, 3.05) is 18.0 Å². The Bertz CT molecular complexity index is 507. The molecule has 2 rings (SSSR count). The van der Waals surface area contributed by atoms with Crippen LogP contribution in [0, 0.1) is 0 Å². The average molecular weight is 249 g/mol. The van der Waals surface area contributed by atoms with Crippen molar-refractivity contribution in [3.05, 3.63) is 36.0 Å². The quantitative estimate of drug-likeness (QED) is 0.765. The van der Waals surface area contributed by atoms with Crippen LogP contribution in [-0.2, 0) is 5.88 Å². The lowest BCUT2D eigenvalue weighted by atomic mass is 10.1. The molecule has 0 fully saturated rings. The Morgan fingerprint density at radius 1 is 1.18 bits per heavy atom. The van der Waals surface area contributed by atoms with E-state index in [2.05, 4.69) is 48.0 Å². The predicted octanol–water partition coefficient (Wildman–Crippen LogP) is 3.82. The molecule has 0 N–H and O–H groups in total. The monoisotopic (exact) mass is 248 g/mol. The normalized spacial score (nSPS) is 10.8. The third-order valence-electron chi connectivity index (χ3n) is 2.97. The van der Waals surface area contributed by atoms with Crippen molar-refractivity contribution >= 4 is 28.2 Å². The molecule has 0 bridgehead atoms. The molecule has 0 aliphatic carbocycles. The molecule has 0 saturated heterocycles. The zero-order valence-corrected chi connectivity index (χ0v) is 11.0. The lowest BCUT2D eigenvalue weighted by molar-refractivity contribution is 0.847. The van der Waals surface area contributed by atoms with Gasteiger partial charge in [-0.1, -0.05) is 24.3 Å². The second-order valence-corrected chi connectivity index (χ2v) is 4.23. The molecule has 0 saturated carbocycles. The summed E-state index contributed by atoms with van der Waals surface area (Å²) in [5, 5.41) is 2.41. The van der Waals surface area contributed by atoms with Crippen molar-refractivity contribution in [3.8, 4) is 0 Å². The molecule has 3 heteroatoms. The SMILES string of the molecule is CCN(CC)c1nc(CCl)cc2ccccc12. The first-order valence-electron chi connectivity index (χ1n) is 5.99. The Labute approximate surface area is 107 Å². The van der Waals surface area contributed by atoms with Gasteiger partial charge in [0.1, 0.15) is 5.82 Å². The summed E-state index contributed by atoms with van der Waals surface area (Å²) in [6.45, 7) is 6.21. The van der Waals surface area contributed by atoms with E-state index in [0.717, 1.165) is 24.6 Å². The number of hydrogen-bond acceptors (Lipinski definition) is 2. The summed E-state index contributed by atoms with van der Waals surface area (Å²) in [6, 6.07) is 10.4. The van der Waals surface area contributed by atoms with E-state index in [1.54, 1.807) is 0 Å². The Morgan fingerprint density at radius 3 is 2.53 bits per heavy atom. The molecule has 0 amide bonds. The minimum atomic E-state index is 0.457. The summed E-state index contributed by atoms with van der Waals surface area (Å²) < 4.78 is 0. The molecule has 1 heterocycles. The molecule has 0 unspecified atom stereocenters. The number of pyridine rings is 1. The van der Waals surface area contributed by atoms with Crippen LogP contribution in [0.2, 0.25) is 0 Å². The van der Waals surface area contributed by atoms with Gasteiger partial charge in [0.2, 0.25) is 0 Å². The van der Waals surface area contributed by atoms with Crippen LogP contribution in [0.4, 0.5) is 5.82 Å². The van der Waals surface area contributed by atoms with Crippen LogP contribution >= 0.6 is 11.6 Å². The van der Waals surface area contributed by atoms with Gasteiger partial charge < -0.3 is 4.90 Å². The van der Waals surface area contributed by atoms with E-state index in [9.17, 15) is 0 Å². The number of alkyl halides is 1. The molecule has 0 aliphatic heterocycles. The predicted molar refractivity (Wildman–Crippen MR) is 74.9 cm³/mol. The molecule has 17 heavy (non-hydrogen) atoms. The van der Waals surface area contributed by atoms with E-state index in [1.165, 1.54) is 10.8 Å². The summed E-state index contributed by atoms with van der Waals surface area (Å²) >= 11 is 5.91. The molecular formula is C14H17ClN2. The maximum atomic E-state index is 5.91. The molecular weight excluding hydrogens is 232 g/mol. The van der Waals surface area contributed by atoms with Crippen LogP contribution in [0.5, 0.6) is 0 Å². The Hall–Kier alpha value is -1.28. The third-order valence-corrected chi connectivity index (χ3v) is 3.25. The van der Waals surface area contributed by atoms with Gasteiger partial charge in [-0.3, -0.25) is 0 Å². The molecule has 2 nitrogen and oxygen atoms in total. The van der Waals surface area contributed by atoms with E-state index in [4.69, 9.17) is 11.6 Å². The van der Waals surface area contributed by atoms with Gasteiger partial charge in [-0.2, -0.15) is 0 Å². The van der Waals surface area contributed by atoms with Gasteiger partial charge >= 0.3 is 0 Å². The Kier molecular flexibility index (Phi) is 3.85. The highest BCUT2D eigenvalue weighted by Gasteiger charge is 2.10. The van der Waals surface area contributed by atoms with E-state index in [0.29, 0.717) is 5.88 Å². The van der Waals surface area contributed by atoms with Crippen LogP contribution < -0.4 is 4.90 Å². The Morgan fingerprint density at radius 2 is 1.88 bits per heavy atom. The second kappa shape index (κ2) is 5.37. The number of halogens is 1. The summed E-state index contributed by atoms with van der Waals surface area (Å²) in [7, 11) is 0. The summed E-state index contributed by atoms with van der Waals surface area (Å²) in [5.74, 6) is 1.50. The molecule has 1 aromatic carbocycles. The first kappa shape index (κ1) is 12.2. The third kappa shape index (κ3) is 2.37. The van der Waals surface area contributed by atoms with Crippen molar-refractivity contribution in [1.29, 1.82) is 0 Å². The van der Waals surface area contributed by atoms with Gasteiger partial charge in [0.15, 0.2) is 0 Å². The molecule has 0 spiro atoms. The first-order valence-corrected chi connectivity index (χ1v) is 6.53. The number of anilines is 1. The van der Waals surface area contributed by atoms with E-state index < -0.39 is 0 Å². The summed E-state index contributed by atoms with van der Waals surface area (Å²) in [4.78, 5) is 6.92. The molecule has 0 radical (unpaired) electrons. The lowest BCUT2D eigenvalue weighted by Crippen LogP contribution is -2.23. The van der Waals surface area contributed by atoms with Gasteiger partial charge in [0.05, 0.1) is 11.6 Å². The van der Waals surface area contributed by atoms with Crippen LogP contribution in [0.1, 0.15) is 19.5 Å². The number of hydrogen-bond donors (Lipinski definition) is 0. The Balaban J connectivity index is 2.65. The number of fused-ring (bicyclic) bond motifs is 1. The molecule has 0 aliphatic rings. The minimum absolute atomic E-state index is 0.457. The van der Waals surface area contributed by atoms with Crippen LogP contribution in [-0.4, -0.2) is 18.1 Å². The summed E-state index contributed by atoms with van der Waals surface area (Å²) in [6.07, 6.45) is 0. The van der Waals surface area contributed by atoms with E-state index in [1.807, 2.05) is 6.07 Å². The molecule has 1 aromatic heterocycles. The highest BCUT2D eigenvalue weighted by Crippen LogP contribution is 2.26. The zero-order valence-electron chi connectivity index (χ0n) is 10.3. The van der Waals surface area contributed by atoms with Gasteiger partial charge in [0.25, 0.3) is 0 Å². The molecule has 90 valence electrons. The highest BCUT2D eigenvalue weighted by atomic mass is 35.5. The van der Waals surface area contributed by atoms with Crippen LogP contribution in [0.25, 0.3) is 10.8 Å². The highest BCUT2D eigenvalue weighted by molar-refractivity contribution is 6.17. The average Bonchev–Trinajstić information content (AvgIpc) is 2.39. The van der Waals surface area contributed by atoms with Gasteiger partial charge in [-0.15, -0.1) is 11.6 Å². The number of nitrogens with zero attached hydrogens (tertiary/aromatic N) is 2. The van der Waals surface area contributed by atoms with Gasteiger partial charge in [-0.05, 0) is 25.3 Å².